The third-order valence-corrected chi connectivity index (χ3v) is 4.20. The minimum atomic E-state index is 0.183. The second-order valence-electron chi connectivity index (χ2n) is 6.79. The van der Waals surface area contributed by atoms with Crippen molar-refractivity contribution in [3.8, 4) is 0 Å². The number of rotatable bonds is 1. The van der Waals surface area contributed by atoms with Gasteiger partial charge in [-0.2, -0.15) is 0 Å². The van der Waals surface area contributed by atoms with Crippen LogP contribution in [0.25, 0.3) is 0 Å². The molecule has 2 rings (SSSR count). The van der Waals surface area contributed by atoms with Crippen LogP contribution in [0.1, 0.15) is 45.7 Å². The minimum absolute atomic E-state index is 0.183. The van der Waals surface area contributed by atoms with E-state index in [1.807, 2.05) is 0 Å². The highest BCUT2D eigenvalue weighted by atomic mass is 32.1. The van der Waals surface area contributed by atoms with E-state index >= 15 is 0 Å². The molecule has 0 bridgehead atoms. The smallest absolute Gasteiger partial charge is 0.109 e. The first-order valence-corrected chi connectivity index (χ1v) is 7.73. The standard InChI is InChI=1S/C17H25NOS/c1-12-10-18(11-13(2)19-12)16(20)14-6-8-15(9-7-14)17(3,4)5/h6-9,12-13H,10-11H2,1-5H3/t12-,13-/m1/s1. The van der Waals surface area contributed by atoms with Gasteiger partial charge in [-0.15, -0.1) is 0 Å². The molecular weight excluding hydrogens is 266 g/mol. The van der Waals surface area contributed by atoms with Crippen LogP contribution in [0.4, 0.5) is 0 Å². The first-order valence-electron chi connectivity index (χ1n) is 7.32. The Hall–Kier alpha value is -0.930. The van der Waals surface area contributed by atoms with E-state index < -0.39 is 0 Å². The van der Waals surface area contributed by atoms with E-state index in [2.05, 4.69) is 63.8 Å². The SMILES string of the molecule is C[C@@H]1CN(C(=S)c2ccc(C(C)(C)C)cc2)C[C@@H](C)O1. The van der Waals surface area contributed by atoms with E-state index in [4.69, 9.17) is 17.0 Å². The molecule has 0 spiro atoms. The van der Waals surface area contributed by atoms with Gasteiger partial charge in [0.15, 0.2) is 0 Å². The highest BCUT2D eigenvalue weighted by molar-refractivity contribution is 7.80. The van der Waals surface area contributed by atoms with E-state index in [1.165, 1.54) is 5.56 Å². The van der Waals surface area contributed by atoms with E-state index in [0.717, 1.165) is 23.6 Å². The van der Waals surface area contributed by atoms with Gasteiger partial charge in [-0.25, -0.2) is 0 Å². The van der Waals surface area contributed by atoms with Gasteiger partial charge in [-0.3, -0.25) is 0 Å². The Morgan fingerprint density at radius 1 is 1.10 bits per heavy atom. The summed E-state index contributed by atoms with van der Waals surface area (Å²) < 4.78 is 5.76. The van der Waals surface area contributed by atoms with Crippen molar-refractivity contribution >= 4 is 17.2 Å². The number of nitrogens with zero attached hydrogens (tertiary/aromatic N) is 1. The Bertz CT molecular complexity index is 465. The predicted molar refractivity (Wildman–Crippen MR) is 88.4 cm³/mol. The van der Waals surface area contributed by atoms with Crippen molar-refractivity contribution in [3.05, 3.63) is 35.4 Å². The van der Waals surface area contributed by atoms with Crippen LogP contribution in [0.15, 0.2) is 24.3 Å². The van der Waals surface area contributed by atoms with Gasteiger partial charge >= 0.3 is 0 Å². The summed E-state index contributed by atoms with van der Waals surface area (Å²) in [5, 5.41) is 0. The lowest BCUT2D eigenvalue weighted by Gasteiger charge is -2.37. The summed E-state index contributed by atoms with van der Waals surface area (Å²) in [5.74, 6) is 0. The van der Waals surface area contributed by atoms with Crippen molar-refractivity contribution in [1.29, 1.82) is 0 Å². The number of hydrogen-bond donors (Lipinski definition) is 0. The van der Waals surface area contributed by atoms with Crippen LogP contribution in [0.5, 0.6) is 0 Å². The van der Waals surface area contributed by atoms with Gasteiger partial charge in [0.25, 0.3) is 0 Å². The van der Waals surface area contributed by atoms with E-state index in [1.54, 1.807) is 0 Å². The lowest BCUT2D eigenvalue weighted by Crippen LogP contribution is -2.47. The fourth-order valence-corrected chi connectivity index (χ4v) is 2.92. The summed E-state index contributed by atoms with van der Waals surface area (Å²) in [7, 11) is 0. The molecule has 3 heteroatoms. The maximum absolute atomic E-state index is 5.76. The molecule has 1 aromatic rings. The van der Waals surface area contributed by atoms with Crippen molar-refractivity contribution in [2.24, 2.45) is 0 Å². The molecule has 110 valence electrons. The van der Waals surface area contributed by atoms with Gasteiger partial charge in [-0.05, 0) is 24.8 Å². The number of morpholine rings is 1. The van der Waals surface area contributed by atoms with Crippen molar-refractivity contribution in [3.63, 3.8) is 0 Å². The molecule has 0 aromatic heterocycles. The average molecular weight is 291 g/mol. The van der Waals surface area contributed by atoms with E-state index in [9.17, 15) is 0 Å². The largest absolute Gasteiger partial charge is 0.372 e. The van der Waals surface area contributed by atoms with E-state index in [-0.39, 0.29) is 17.6 Å². The molecule has 20 heavy (non-hydrogen) atoms. The molecule has 0 amide bonds. The maximum Gasteiger partial charge on any atom is 0.109 e. The van der Waals surface area contributed by atoms with Gasteiger partial charge < -0.3 is 9.64 Å². The summed E-state index contributed by atoms with van der Waals surface area (Å²) in [4.78, 5) is 3.20. The number of hydrogen-bond acceptors (Lipinski definition) is 2. The third kappa shape index (κ3) is 3.58. The van der Waals surface area contributed by atoms with Crippen LogP contribution in [-0.2, 0) is 10.2 Å². The van der Waals surface area contributed by atoms with Crippen LogP contribution in [0.2, 0.25) is 0 Å². The lowest BCUT2D eigenvalue weighted by molar-refractivity contribution is -0.0472. The minimum Gasteiger partial charge on any atom is -0.372 e. The Morgan fingerprint density at radius 2 is 1.60 bits per heavy atom. The Balaban J connectivity index is 2.13. The highest BCUT2D eigenvalue weighted by Crippen LogP contribution is 2.23. The van der Waals surface area contributed by atoms with Crippen LogP contribution in [0.3, 0.4) is 0 Å². The van der Waals surface area contributed by atoms with Gasteiger partial charge in [0.2, 0.25) is 0 Å². The van der Waals surface area contributed by atoms with Crippen LogP contribution in [0, 0.1) is 0 Å². The summed E-state index contributed by atoms with van der Waals surface area (Å²) in [6.07, 6.45) is 0.482. The summed E-state index contributed by atoms with van der Waals surface area (Å²) in [6, 6.07) is 8.67. The van der Waals surface area contributed by atoms with Gasteiger partial charge in [0.1, 0.15) is 4.99 Å². The number of thiocarbonyl (C=S) groups is 1. The molecule has 1 heterocycles. The second kappa shape index (κ2) is 5.82. The van der Waals surface area contributed by atoms with Crippen LogP contribution >= 0.6 is 12.2 Å². The summed E-state index contributed by atoms with van der Waals surface area (Å²) >= 11 is 5.65. The summed E-state index contributed by atoms with van der Waals surface area (Å²) in [5.41, 5.74) is 2.66. The van der Waals surface area contributed by atoms with Crippen molar-refractivity contribution < 1.29 is 4.74 Å². The van der Waals surface area contributed by atoms with Gasteiger partial charge in [0, 0.05) is 18.7 Å². The molecular formula is C17H25NOS. The molecule has 2 nitrogen and oxygen atoms in total. The van der Waals surface area contributed by atoms with Crippen molar-refractivity contribution in [2.45, 2.75) is 52.2 Å². The molecule has 1 saturated heterocycles. The second-order valence-corrected chi connectivity index (χ2v) is 7.18. The van der Waals surface area contributed by atoms with Gasteiger partial charge in [-0.1, -0.05) is 57.3 Å². The summed E-state index contributed by atoms with van der Waals surface area (Å²) in [6.45, 7) is 12.7. The number of benzene rings is 1. The molecule has 1 aromatic carbocycles. The average Bonchev–Trinajstić information content (AvgIpc) is 2.36. The maximum atomic E-state index is 5.76. The third-order valence-electron chi connectivity index (χ3n) is 3.70. The Morgan fingerprint density at radius 3 is 2.05 bits per heavy atom. The topological polar surface area (TPSA) is 12.5 Å². The monoisotopic (exact) mass is 291 g/mol. The fraction of sp³-hybridized carbons (Fsp3) is 0.588. The highest BCUT2D eigenvalue weighted by Gasteiger charge is 2.24. The molecule has 0 saturated carbocycles. The number of ether oxygens (including phenoxy) is 1. The molecule has 0 N–H and O–H groups in total. The first-order chi connectivity index (χ1) is 9.27. The molecule has 0 unspecified atom stereocenters. The zero-order chi connectivity index (χ0) is 14.9. The normalized spacial score (nSPS) is 23.8. The Kier molecular flexibility index (Phi) is 4.50. The lowest BCUT2D eigenvalue weighted by atomic mass is 9.86. The Labute approximate surface area is 128 Å². The van der Waals surface area contributed by atoms with Gasteiger partial charge in [0.05, 0.1) is 12.2 Å². The molecule has 0 aliphatic carbocycles. The fourth-order valence-electron chi connectivity index (χ4n) is 2.64. The first kappa shape index (κ1) is 15.5. The quantitative estimate of drug-likeness (QED) is 0.731. The predicted octanol–water partition coefficient (Wildman–Crippen LogP) is 3.77. The zero-order valence-electron chi connectivity index (χ0n) is 13.1. The van der Waals surface area contributed by atoms with E-state index in [0.29, 0.717) is 0 Å². The van der Waals surface area contributed by atoms with Crippen LogP contribution < -0.4 is 0 Å². The van der Waals surface area contributed by atoms with Crippen molar-refractivity contribution in [1.82, 2.24) is 4.90 Å². The molecule has 1 fully saturated rings. The van der Waals surface area contributed by atoms with Crippen LogP contribution in [-0.4, -0.2) is 35.2 Å². The van der Waals surface area contributed by atoms with Crippen molar-refractivity contribution in [2.75, 3.05) is 13.1 Å². The molecule has 1 aliphatic heterocycles. The molecule has 2 atom stereocenters. The molecule has 1 aliphatic rings. The molecule has 0 radical (unpaired) electrons. The zero-order valence-corrected chi connectivity index (χ0v) is 14.0.